The molecule has 28 heavy (non-hydrogen) atoms. The Bertz CT molecular complexity index is 677. The Balaban J connectivity index is 1.91. The van der Waals surface area contributed by atoms with Gasteiger partial charge in [-0.3, -0.25) is 0 Å². The summed E-state index contributed by atoms with van der Waals surface area (Å²) in [7, 11) is 0. The van der Waals surface area contributed by atoms with E-state index in [0.29, 0.717) is 0 Å². The average Bonchev–Trinajstić information content (AvgIpc) is 2.78. The lowest BCUT2D eigenvalue weighted by Gasteiger charge is -2.36. The van der Waals surface area contributed by atoms with Crippen LogP contribution in [0.5, 0.6) is 0 Å². The van der Waals surface area contributed by atoms with E-state index in [-0.39, 0.29) is 5.41 Å². The van der Waals surface area contributed by atoms with Crippen LogP contribution in [0.2, 0.25) is 0 Å². The Morgan fingerprint density at radius 2 is 0.821 bits per heavy atom. The molecular formula is C28H34. The van der Waals surface area contributed by atoms with Crippen LogP contribution in [0.15, 0.2) is 91.0 Å². The zero-order chi connectivity index (χ0) is 19.5. The maximum absolute atomic E-state index is 2.31. The van der Waals surface area contributed by atoms with E-state index in [1.54, 1.807) is 0 Å². The van der Waals surface area contributed by atoms with Crippen molar-refractivity contribution >= 4 is 0 Å². The summed E-state index contributed by atoms with van der Waals surface area (Å²) >= 11 is 0. The first kappa shape index (κ1) is 20.4. The zero-order valence-corrected chi connectivity index (χ0v) is 17.3. The normalized spacial score (nSPS) is 11.5. The Hall–Kier alpha value is -2.34. The fourth-order valence-corrected chi connectivity index (χ4v) is 4.45. The summed E-state index contributed by atoms with van der Waals surface area (Å²) in [6, 6.07) is 33.3. The van der Waals surface area contributed by atoms with Gasteiger partial charge in [-0.1, -0.05) is 143 Å². The topological polar surface area (TPSA) is 0 Å². The summed E-state index contributed by atoms with van der Waals surface area (Å²) in [5.74, 6) is 0. The predicted molar refractivity (Wildman–Crippen MR) is 122 cm³/mol. The van der Waals surface area contributed by atoms with E-state index >= 15 is 0 Å². The number of benzene rings is 3. The lowest BCUT2D eigenvalue weighted by molar-refractivity contribution is 0.496. The molecule has 0 bridgehead atoms. The van der Waals surface area contributed by atoms with Gasteiger partial charge in [0, 0.05) is 5.41 Å². The number of hydrogen-bond donors (Lipinski definition) is 0. The van der Waals surface area contributed by atoms with Gasteiger partial charge in [-0.15, -0.1) is 0 Å². The van der Waals surface area contributed by atoms with Crippen LogP contribution in [-0.4, -0.2) is 0 Å². The van der Waals surface area contributed by atoms with Crippen molar-refractivity contribution in [2.24, 2.45) is 0 Å². The molecule has 0 fully saturated rings. The van der Waals surface area contributed by atoms with Gasteiger partial charge in [0.05, 0.1) is 0 Å². The van der Waals surface area contributed by atoms with Crippen molar-refractivity contribution in [1.82, 2.24) is 0 Å². The molecule has 0 radical (unpaired) electrons. The van der Waals surface area contributed by atoms with Gasteiger partial charge in [0.15, 0.2) is 0 Å². The van der Waals surface area contributed by atoms with Gasteiger partial charge in [-0.25, -0.2) is 0 Å². The minimum Gasteiger partial charge on any atom is -0.0654 e. The van der Waals surface area contributed by atoms with Crippen molar-refractivity contribution in [1.29, 1.82) is 0 Å². The van der Waals surface area contributed by atoms with E-state index in [4.69, 9.17) is 0 Å². The first-order valence-corrected chi connectivity index (χ1v) is 11.0. The van der Waals surface area contributed by atoms with Gasteiger partial charge in [0.25, 0.3) is 0 Å². The molecule has 146 valence electrons. The van der Waals surface area contributed by atoms with E-state index in [1.165, 1.54) is 61.6 Å². The molecule has 0 saturated carbocycles. The minimum absolute atomic E-state index is 0.0762. The monoisotopic (exact) mass is 370 g/mol. The fraction of sp³-hybridized carbons (Fsp3) is 0.357. The van der Waals surface area contributed by atoms with E-state index in [9.17, 15) is 0 Å². The summed E-state index contributed by atoms with van der Waals surface area (Å²) in [4.78, 5) is 0. The molecule has 0 N–H and O–H groups in total. The van der Waals surface area contributed by atoms with Gasteiger partial charge in [0.1, 0.15) is 0 Å². The van der Waals surface area contributed by atoms with Crippen LogP contribution < -0.4 is 0 Å². The van der Waals surface area contributed by atoms with Crippen molar-refractivity contribution in [2.75, 3.05) is 0 Å². The second-order valence-corrected chi connectivity index (χ2v) is 7.87. The highest BCUT2D eigenvalue weighted by atomic mass is 14.4. The second kappa shape index (κ2) is 10.9. The second-order valence-electron chi connectivity index (χ2n) is 7.87. The van der Waals surface area contributed by atoms with Gasteiger partial charge in [-0.2, -0.15) is 0 Å². The Morgan fingerprint density at radius 1 is 0.464 bits per heavy atom. The molecule has 0 saturated heterocycles. The molecule has 0 unspecified atom stereocenters. The third-order valence-corrected chi connectivity index (χ3v) is 5.96. The van der Waals surface area contributed by atoms with E-state index in [1.807, 2.05) is 0 Å². The lowest BCUT2D eigenvalue weighted by Crippen LogP contribution is -2.29. The maximum atomic E-state index is 2.31. The third kappa shape index (κ3) is 4.93. The Morgan fingerprint density at radius 3 is 1.21 bits per heavy atom. The molecular weight excluding hydrogens is 336 g/mol. The first-order chi connectivity index (χ1) is 13.9. The van der Waals surface area contributed by atoms with Crippen LogP contribution in [0.3, 0.4) is 0 Å². The van der Waals surface area contributed by atoms with Crippen LogP contribution in [0.25, 0.3) is 0 Å². The maximum Gasteiger partial charge on any atom is 0.0451 e. The van der Waals surface area contributed by atoms with Crippen molar-refractivity contribution in [2.45, 2.75) is 63.7 Å². The van der Waals surface area contributed by atoms with Crippen molar-refractivity contribution in [3.8, 4) is 0 Å². The van der Waals surface area contributed by atoms with E-state index < -0.39 is 0 Å². The molecule has 3 rings (SSSR count). The standard InChI is InChI=1S/C28H34/c1-2-3-4-5-6-7-17-24-28(25-18-11-8-12-19-25,26-20-13-9-14-21-26)27-22-15-10-16-23-27/h8-16,18-23H,2-7,17,24H2,1H3. The molecule has 0 aliphatic carbocycles. The molecule has 0 nitrogen and oxygen atoms in total. The molecule has 0 aliphatic rings. The molecule has 0 aliphatic heterocycles. The largest absolute Gasteiger partial charge is 0.0654 e. The highest BCUT2D eigenvalue weighted by Crippen LogP contribution is 2.43. The molecule has 0 heteroatoms. The van der Waals surface area contributed by atoms with Gasteiger partial charge in [-0.05, 0) is 23.1 Å². The smallest absolute Gasteiger partial charge is 0.0451 e. The Labute approximate surface area is 171 Å². The number of unbranched alkanes of at least 4 members (excludes halogenated alkanes) is 6. The zero-order valence-electron chi connectivity index (χ0n) is 17.3. The van der Waals surface area contributed by atoms with Crippen LogP contribution >= 0.6 is 0 Å². The van der Waals surface area contributed by atoms with E-state index in [0.717, 1.165) is 6.42 Å². The summed E-state index contributed by atoms with van der Waals surface area (Å²) in [5, 5.41) is 0. The molecule has 0 aromatic heterocycles. The fourth-order valence-electron chi connectivity index (χ4n) is 4.45. The summed E-state index contributed by atoms with van der Waals surface area (Å²) in [6.45, 7) is 2.29. The molecule has 3 aromatic rings. The molecule has 0 amide bonds. The van der Waals surface area contributed by atoms with Crippen LogP contribution in [-0.2, 0) is 5.41 Å². The van der Waals surface area contributed by atoms with Crippen molar-refractivity contribution in [3.05, 3.63) is 108 Å². The van der Waals surface area contributed by atoms with Crippen LogP contribution in [0.1, 0.15) is 75.0 Å². The highest BCUT2D eigenvalue weighted by molar-refractivity contribution is 5.50. The molecule has 3 aromatic carbocycles. The van der Waals surface area contributed by atoms with Gasteiger partial charge < -0.3 is 0 Å². The highest BCUT2D eigenvalue weighted by Gasteiger charge is 2.35. The van der Waals surface area contributed by atoms with Crippen molar-refractivity contribution in [3.63, 3.8) is 0 Å². The third-order valence-electron chi connectivity index (χ3n) is 5.96. The summed E-state index contributed by atoms with van der Waals surface area (Å²) in [6.07, 6.45) is 10.5. The molecule has 0 atom stereocenters. The summed E-state index contributed by atoms with van der Waals surface area (Å²) < 4.78 is 0. The summed E-state index contributed by atoms with van der Waals surface area (Å²) in [5.41, 5.74) is 4.13. The predicted octanol–water partition coefficient (Wildman–Crippen LogP) is 8.16. The molecule has 0 spiro atoms. The average molecular weight is 371 g/mol. The number of rotatable bonds is 11. The van der Waals surface area contributed by atoms with Crippen molar-refractivity contribution < 1.29 is 0 Å². The number of hydrogen-bond acceptors (Lipinski definition) is 0. The van der Waals surface area contributed by atoms with Gasteiger partial charge in [0.2, 0.25) is 0 Å². The van der Waals surface area contributed by atoms with Crippen LogP contribution in [0, 0.1) is 0 Å². The van der Waals surface area contributed by atoms with E-state index in [2.05, 4.69) is 97.9 Å². The SMILES string of the molecule is CCCCCCCCCC(c1ccccc1)(c1ccccc1)c1ccccc1. The first-order valence-electron chi connectivity index (χ1n) is 11.0. The minimum atomic E-state index is -0.0762. The van der Waals surface area contributed by atoms with Gasteiger partial charge >= 0.3 is 0 Å². The lowest BCUT2D eigenvalue weighted by atomic mass is 9.66. The Kier molecular flexibility index (Phi) is 7.91. The van der Waals surface area contributed by atoms with Crippen LogP contribution in [0.4, 0.5) is 0 Å². The molecule has 0 heterocycles. The quantitative estimate of drug-likeness (QED) is 0.236.